The molecule has 19 heavy (non-hydrogen) atoms. The lowest BCUT2D eigenvalue weighted by atomic mass is 9.96. The Morgan fingerprint density at radius 3 is 2.26 bits per heavy atom. The molecule has 4 nitrogen and oxygen atoms in total. The van der Waals surface area contributed by atoms with Crippen LogP contribution in [0.15, 0.2) is 30.3 Å². The highest BCUT2D eigenvalue weighted by Gasteiger charge is 2.38. The predicted molar refractivity (Wildman–Crippen MR) is 60.5 cm³/mol. The standard InChI is InChI=1S/C12H12F3NO3/c13-12(14,15)11(19)16-7-9(6-10(17)18)8-4-2-1-3-5-8/h1-5,9H,6-7H2,(H,16,19)(H,17,18)/t9-/m1/s1. The zero-order chi connectivity index (χ0) is 14.5. The zero-order valence-electron chi connectivity index (χ0n) is 9.78. The van der Waals surface area contributed by atoms with Crippen molar-refractivity contribution >= 4 is 11.9 Å². The second-order valence-corrected chi connectivity index (χ2v) is 3.91. The van der Waals surface area contributed by atoms with Gasteiger partial charge in [0, 0.05) is 12.5 Å². The smallest absolute Gasteiger partial charge is 0.471 e. The van der Waals surface area contributed by atoms with Gasteiger partial charge in [0.05, 0.1) is 6.42 Å². The highest BCUT2D eigenvalue weighted by molar-refractivity contribution is 5.81. The van der Waals surface area contributed by atoms with Gasteiger partial charge in [-0.15, -0.1) is 0 Å². The van der Waals surface area contributed by atoms with Crippen molar-refractivity contribution in [2.24, 2.45) is 0 Å². The third-order valence-electron chi connectivity index (χ3n) is 2.46. The van der Waals surface area contributed by atoms with E-state index in [1.165, 1.54) is 0 Å². The molecule has 1 amide bonds. The van der Waals surface area contributed by atoms with Crippen LogP contribution in [0.3, 0.4) is 0 Å². The first-order chi connectivity index (χ1) is 8.80. The lowest BCUT2D eigenvalue weighted by Gasteiger charge is -2.16. The molecule has 0 bridgehead atoms. The molecule has 0 saturated heterocycles. The Bertz CT molecular complexity index is 445. The summed E-state index contributed by atoms with van der Waals surface area (Å²) in [7, 11) is 0. The van der Waals surface area contributed by atoms with Gasteiger partial charge in [-0.3, -0.25) is 9.59 Å². The van der Waals surface area contributed by atoms with Crippen molar-refractivity contribution in [1.29, 1.82) is 0 Å². The van der Waals surface area contributed by atoms with Gasteiger partial charge in [-0.2, -0.15) is 13.2 Å². The third kappa shape index (κ3) is 4.99. The molecule has 0 aliphatic heterocycles. The fourth-order valence-corrected chi connectivity index (χ4v) is 1.56. The predicted octanol–water partition coefficient (Wildman–Crippen LogP) is 1.92. The van der Waals surface area contributed by atoms with Crippen molar-refractivity contribution in [3.63, 3.8) is 0 Å². The average Bonchev–Trinajstić information content (AvgIpc) is 2.33. The van der Waals surface area contributed by atoms with Gasteiger partial charge in [-0.25, -0.2) is 0 Å². The molecule has 0 saturated carbocycles. The summed E-state index contributed by atoms with van der Waals surface area (Å²) in [5, 5.41) is 10.4. The number of carbonyl (C=O) groups excluding carboxylic acids is 1. The van der Waals surface area contributed by atoms with Crippen molar-refractivity contribution < 1.29 is 27.9 Å². The van der Waals surface area contributed by atoms with Gasteiger partial charge in [0.2, 0.25) is 0 Å². The highest BCUT2D eigenvalue weighted by Crippen LogP contribution is 2.20. The van der Waals surface area contributed by atoms with Crippen molar-refractivity contribution in [1.82, 2.24) is 5.32 Å². The van der Waals surface area contributed by atoms with Gasteiger partial charge in [0.25, 0.3) is 0 Å². The topological polar surface area (TPSA) is 66.4 Å². The molecule has 0 radical (unpaired) electrons. The molecule has 7 heteroatoms. The highest BCUT2D eigenvalue weighted by atomic mass is 19.4. The lowest BCUT2D eigenvalue weighted by Crippen LogP contribution is -2.39. The van der Waals surface area contributed by atoms with Crippen LogP contribution in [0.5, 0.6) is 0 Å². The summed E-state index contributed by atoms with van der Waals surface area (Å²) in [6.45, 7) is -0.380. The number of hydrogen-bond acceptors (Lipinski definition) is 2. The molecule has 0 fully saturated rings. The first-order valence-corrected chi connectivity index (χ1v) is 5.42. The molecule has 0 unspecified atom stereocenters. The van der Waals surface area contributed by atoms with E-state index in [-0.39, 0.29) is 13.0 Å². The Morgan fingerprint density at radius 2 is 1.79 bits per heavy atom. The summed E-state index contributed by atoms with van der Waals surface area (Å²) in [4.78, 5) is 21.4. The van der Waals surface area contributed by atoms with Crippen LogP contribution in [0.25, 0.3) is 0 Å². The van der Waals surface area contributed by atoms with Crippen LogP contribution in [-0.2, 0) is 9.59 Å². The van der Waals surface area contributed by atoms with E-state index < -0.39 is 24.0 Å². The Kier molecular flexibility index (Phi) is 4.91. The summed E-state index contributed by atoms with van der Waals surface area (Å²) < 4.78 is 36.1. The molecular formula is C12H12F3NO3. The Balaban J connectivity index is 2.72. The molecule has 0 aromatic heterocycles. The number of hydrogen-bond donors (Lipinski definition) is 2. The minimum atomic E-state index is -4.97. The Morgan fingerprint density at radius 1 is 1.21 bits per heavy atom. The lowest BCUT2D eigenvalue weighted by molar-refractivity contribution is -0.173. The van der Waals surface area contributed by atoms with E-state index in [1.807, 2.05) is 0 Å². The number of alkyl halides is 3. The van der Waals surface area contributed by atoms with Gasteiger partial charge < -0.3 is 10.4 Å². The van der Waals surface area contributed by atoms with E-state index >= 15 is 0 Å². The van der Waals surface area contributed by atoms with Gasteiger partial charge >= 0.3 is 18.1 Å². The fraction of sp³-hybridized carbons (Fsp3) is 0.333. The van der Waals surface area contributed by atoms with Gasteiger partial charge in [-0.1, -0.05) is 30.3 Å². The summed E-state index contributed by atoms with van der Waals surface area (Å²) in [5.41, 5.74) is 0.562. The minimum absolute atomic E-state index is 0.359. The number of halogens is 3. The van der Waals surface area contributed by atoms with Crippen molar-refractivity contribution in [3.8, 4) is 0 Å². The number of carbonyl (C=O) groups is 2. The van der Waals surface area contributed by atoms with Crippen LogP contribution < -0.4 is 5.32 Å². The second kappa shape index (κ2) is 6.21. The van der Waals surface area contributed by atoms with Crippen LogP contribution in [0, 0.1) is 0 Å². The van der Waals surface area contributed by atoms with E-state index in [2.05, 4.69) is 0 Å². The van der Waals surface area contributed by atoms with Gasteiger partial charge in [0.1, 0.15) is 0 Å². The molecule has 104 valence electrons. The molecule has 1 aromatic rings. The molecule has 1 aromatic carbocycles. The largest absolute Gasteiger partial charge is 0.481 e. The summed E-state index contributed by atoms with van der Waals surface area (Å²) >= 11 is 0. The number of nitrogens with one attached hydrogen (secondary N) is 1. The molecule has 2 N–H and O–H groups in total. The zero-order valence-corrected chi connectivity index (χ0v) is 9.78. The third-order valence-corrected chi connectivity index (χ3v) is 2.46. The van der Waals surface area contributed by atoms with Crippen LogP contribution >= 0.6 is 0 Å². The molecule has 0 spiro atoms. The first-order valence-electron chi connectivity index (χ1n) is 5.42. The molecule has 0 aliphatic rings. The van der Waals surface area contributed by atoms with Crippen molar-refractivity contribution in [2.75, 3.05) is 6.54 Å². The van der Waals surface area contributed by atoms with Crippen LogP contribution in [0.1, 0.15) is 17.9 Å². The van der Waals surface area contributed by atoms with Gasteiger partial charge in [-0.05, 0) is 5.56 Å². The number of benzene rings is 1. The molecule has 0 heterocycles. The van der Waals surface area contributed by atoms with Crippen LogP contribution in [0.2, 0.25) is 0 Å². The SMILES string of the molecule is O=C(O)C[C@H](CNC(=O)C(F)(F)F)c1ccccc1. The van der Waals surface area contributed by atoms with E-state index in [4.69, 9.17) is 5.11 Å². The van der Waals surface area contributed by atoms with Crippen molar-refractivity contribution in [3.05, 3.63) is 35.9 Å². The minimum Gasteiger partial charge on any atom is -0.481 e. The molecular weight excluding hydrogens is 263 g/mol. The van der Waals surface area contributed by atoms with Crippen LogP contribution in [0.4, 0.5) is 13.2 Å². The first kappa shape index (κ1) is 15.0. The number of rotatable bonds is 5. The molecule has 0 aliphatic carbocycles. The number of carboxylic acids is 1. The molecule has 1 atom stereocenters. The monoisotopic (exact) mass is 275 g/mol. The van der Waals surface area contributed by atoms with Crippen molar-refractivity contribution in [2.45, 2.75) is 18.5 Å². The van der Waals surface area contributed by atoms with E-state index in [0.29, 0.717) is 5.56 Å². The number of aliphatic carboxylic acids is 1. The van der Waals surface area contributed by atoms with Crippen LogP contribution in [-0.4, -0.2) is 29.7 Å². The maximum Gasteiger partial charge on any atom is 0.471 e. The molecule has 1 rings (SSSR count). The summed E-state index contributed by atoms with van der Waals surface area (Å²) in [6, 6.07) is 8.21. The quantitative estimate of drug-likeness (QED) is 0.862. The van der Waals surface area contributed by atoms with E-state index in [1.54, 1.807) is 35.6 Å². The Hall–Kier alpha value is -2.05. The Labute approximate surface area is 107 Å². The van der Waals surface area contributed by atoms with E-state index in [0.717, 1.165) is 0 Å². The number of amides is 1. The second-order valence-electron chi connectivity index (χ2n) is 3.91. The maximum absolute atomic E-state index is 12.0. The van der Waals surface area contributed by atoms with E-state index in [9.17, 15) is 22.8 Å². The summed E-state index contributed by atoms with van der Waals surface area (Å²) in [5.74, 6) is -3.92. The number of carboxylic acid groups (broad SMARTS) is 1. The van der Waals surface area contributed by atoms with Gasteiger partial charge in [0.15, 0.2) is 0 Å². The summed E-state index contributed by atoms with van der Waals surface area (Å²) in [6.07, 6.45) is -5.33. The maximum atomic E-state index is 12.0. The normalized spacial score (nSPS) is 12.8. The fourth-order valence-electron chi connectivity index (χ4n) is 1.56. The average molecular weight is 275 g/mol.